The molecular formula is C16H25NO. The Morgan fingerprint density at radius 2 is 2.17 bits per heavy atom. The molecule has 0 heterocycles. The predicted molar refractivity (Wildman–Crippen MR) is 79.0 cm³/mol. The minimum atomic E-state index is 0.520. The van der Waals surface area contributed by atoms with E-state index < -0.39 is 0 Å². The van der Waals surface area contributed by atoms with Crippen LogP contribution in [0, 0.1) is 5.92 Å². The fourth-order valence-electron chi connectivity index (χ4n) is 2.23. The molecule has 1 aromatic carbocycles. The van der Waals surface area contributed by atoms with E-state index in [-0.39, 0.29) is 0 Å². The lowest BCUT2D eigenvalue weighted by Crippen LogP contribution is -2.24. The van der Waals surface area contributed by atoms with Gasteiger partial charge in [0.05, 0.1) is 7.11 Å². The molecule has 0 amide bonds. The average molecular weight is 247 g/mol. The molecule has 0 saturated heterocycles. The molecule has 2 nitrogen and oxygen atoms in total. The highest BCUT2D eigenvalue weighted by Gasteiger charge is 2.12. The van der Waals surface area contributed by atoms with Crippen molar-refractivity contribution in [2.75, 3.05) is 27.2 Å². The molecule has 0 aliphatic rings. The van der Waals surface area contributed by atoms with Crippen molar-refractivity contribution in [3.8, 4) is 5.75 Å². The third-order valence-corrected chi connectivity index (χ3v) is 3.37. The lowest BCUT2D eigenvalue weighted by molar-refractivity contribution is 0.327. The SMILES string of the molecule is CC=C(c1cccc(OC)c1)[C@@H](C)CN(C)CC. The molecule has 0 aromatic heterocycles. The van der Waals surface area contributed by atoms with Crippen LogP contribution in [0.15, 0.2) is 30.3 Å². The molecule has 0 unspecified atom stereocenters. The van der Waals surface area contributed by atoms with Crippen molar-refractivity contribution in [3.05, 3.63) is 35.9 Å². The van der Waals surface area contributed by atoms with Crippen molar-refractivity contribution in [2.24, 2.45) is 5.92 Å². The quantitative estimate of drug-likeness (QED) is 0.760. The molecule has 0 bridgehead atoms. The van der Waals surface area contributed by atoms with Gasteiger partial charge in [-0.1, -0.05) is 32.1 Å². The molecule has 0 spiro atoms. The summed E-state index contributed by atoms with van der Waals surface area (Å²) in [6.07, 6.45) is 2.21. The van der Waals surface area contributed by atoms with Crippen LogP contribution in [0.4, 0.5) is 0 Å². The summed E-state index contributed by atoms with van der Waals surface area (Å²) >= 11 is 0. The van der Waals surface area contributed by atoms with E-state index in [2.05, 4.69) is 50.9 Å². The van der Waals surface area contributed by atoms with Crippen LogP contribution in [0.1, 0.15) is 26.3 Å². The van der Waals surface area contributed by atoms with Gasteiger partial charge < -0.3 is 9.64 Å². The number of hydrogen-bond donors (Lipinski definition) is 0. The van der Waals surface area contributed by atoms with E-state index in [9.17, 15) is 0 Å². The second kappa shape index (κ2) is 7.22. The molecule has 0 aliphatic heterocycles. The van der Waals surface area contributed by atoms with Crippen LogP contribution in [0.2, 0.25) is 0 Å². The number of nitrogens with zero attached hydrogens (tertiary/aromatic N) is 1. The first-order valence-electron chi connectivity index (χ1n) is 6.61. The highest BCUT2D eigenvalue weighted by Crippen LogP contribution is 2.26. The Hall–Kier alpha value is -1.28. The van der Waals surface area contributed by atoms with Crippen molar-refractivity contribution < 1.29 is 4.74 Å². The van der Waals surface area contributed by atoms with Gasteiger partial charge in [0.25, 0.3) is 0 Å². The van der Waals surface area contributed by atoms with Gasteiger partial charge in [0.2, 0.25) is 0 Å². The zero-order valence-corrected chi connectivity index (χ0v) is 12.2. The Morgan fingerprint density at radius 3 is 2.72 bits per heavy atom. The molecule has 100 valence electrons. The maximum absolute atomic E-state index is 5.29. The molecule has 1 rings (SSSR count). The summed E-state index contributed by atoms with van der Waals surface area (Å²) in [5, 5.41) is 0. The van der Waals surface area contributed by atoms with Crippen LogP contribution in [-0.2, 0) is 0 Å². The normalized spacial score (nSPS) is 13.8. The van der Waals surface area contributed by atoms with Gasteiger partial charge in [-0.25, -0.2) is 0 Å². The molecule has 0 radical (unpaired) electrons. The molecule has 1 aromatic rings. The zero-order valence-electron chi connectivity index (χ0n) is 12.2. The van der Waals surface area contributed by atoms with Crippen molar-refractivity contribution >= 4 is 5.57 Å². The maximum atomic E-state index is 5.29. The van der Waals surface area contributed by atoms with E-state index in [1.54, 1.807) is 7.11 Å². The van der Waals surface area contributed by atoms with Crippen LogP contribution in [0.25, 0.3) is 5.57 Å². The third kappa shape index (κ3) is 3.88. The number of allylic oxidation sites excluding steroid dienone is 1. The highest BCUT2D eigenvalue weighted by molar-refractivity contribution is 5.68. The smallest absolute Gasteiger partial charge is 0.119 e. The number of benzene rings is 1. The summed E-state index contributed by atoms with van der Waals surface area (Å²) in [6.45, 7) is 8.73. The first kappa shape index (κ1) is 14.8. The summed E-state index contributed by atoms with van der Waals surface area (Å²) in [5.74, 6) is 1.44. The van der Waals surface area contributed by atoms with Crippen LogP contribution >= 0.6 is 0 Å². The molecule has 2 heteroatoms. The Kier molecular flexibility index (Phi) is 5.93. The van der Waals surface area contributed by atoms with Gasteiger partial charge in [-0.3, -0.25) is 0 Å². The van der Waals surface area contributed by atoms with Crippen LogP contribution in [-0.4, -0.2) is 32.1 Å². The van der Waals surface area contributed by atoms with Gasteiger partial charge in [0.1, 0.15) is 5.75 Å². The lowest BCUT2D eigenvalue weighted by Gasteiger charge is -2.22. The Morgan fingerprint density at radius 1 is 1.44 bits per heavy atom. The first-order chi connectivity index (χ1) is 8.62. The van der Waals surface area contributed by atoms with Crippen LogP contribution in [0.3, 0.4) is 0 Å². The maximum Gasteiger partial charge on any atom is 0.119 e. The van der Waals surface area contributed by atoms with E-state index in [0.717, 1.165) is 18.8 Å². The fourth-order valence-corrected chi connectivity index (χ4v) is 2.23. The van der Waals surface area contributed by atoms with Gasteiger partial charge in [-0.2, -0.15) is 0 Å². The monoisotopic (exact) mass is 247 g/mol. The summed E-state index contributed by atoms with van der Waals surface area (Å²) in [5.41, 5.74) is 2.64. The third-order valence-electron chi connectivity index (χ3n) is 3.37. The van der Waals surface area contributed by atoms with Crippen LogP contribution in [0.5, 0.6) is 5.75 Å². The van der Waals surface area contributed by atoms with Gasteiger partial charge in [-0.15, -0.1) is 0 Å². The van der Waals surface area contributed by atoms with E-state index in [1.807, 2.05) is 12.1 Å². The highest BCUT2D eigenvalue weighted by atomic mass is 16.5. The summed E-state index contributed by atoms with van der Waals surface area (Å²) in [6, 6.07) is 8.30. The molecule has 18 heavy (non-hydrogen) atoms. The second-order valence-corrected chi connectivity index (χ2v) is 4.73. The van der Waals surface area contributed by atoms with Crippen molar-refractivity contribution in [1.29, 1.82) is 0 Å². The molecular weight excluding hydrogens is 222 g/mol. The molecule has 0 saturated carbocycles. The topological polar surface area (TPSA) is 12.5 Å². The fraction of sp³-hybridized carbons (Fsp3) is 0.500. The second-order valence-electron chi connectivity index (χ2n) is 4.73. The average Bonchev–Trinajstić information content (AvgIpc) is 2.39. The Balaban J connectivity index is 2.88. The van der Waals surface area contributed by atoms with Crippen molar-refractivity contribution in [3.63, 3.8) is 0 Å². The van der Waals surface area contributed by atoms with Crippen molar-refractivity contribution in [1.82, 2.24) is 4.90 Å². The minimum Gasteiger partial charge on any atom is -0.497 e. The number of methoxy groups -OCH3 is 1. The van der Waals surface area contributed by atoms with Gasteiger partial charge in [0.15, 0.2) is 0 Å². The predicted octanol–water partition coefficient (Wildman–Crippen LogP) is 3.69. The summed E-state index contributed by atoms with van der Waals surface area (Å²) < 4.78 is 5.29. The Labute approximate surface area is 111 Å². The van der Waals surface area contributed by atoms with Crippen molar-refractivity contribution in [2.45, 2.75) is 20.8 Å². The number of rotatable bonds is 6. The minimum absolute atomic E-state index is 0.520. The summed E-state index contributed by atoms with van der Waals surface area (Å²) in [4.78, 5) is 2.34. The molecule has 0 fully saturated rings. The molecule has 0 aliphatic carbocycles. The van der Waals surface area contributed by atoms with E-state index in [0.29, 0.717) is 5.92 Å². The van der Waals surface area contributed by atoms with E-state index in [1.165, 1.54) is 11.1 Å². The van der Waals surface area contributed by atoms with Gasteiger partial charge >= 0.3 is 0 Å². The van der Waals surface area contributed by atoms with Gasteiger partial charge in [-0.05, 0) is 49.7 Å². The summed E-state index contributed by atoms with van der Waals surface area (Å²) in [7, 11) is 3.87. The van der Waals surface area contributed by atoms with E-state index in [4.69, 9.17) is 4.74 Å². The zero-order chi connectivity index (χ0) is 13.5. The first-order valence-corrected chi connectivity index (χ1v) is 6.61. The van der Waals surface area contributed by atoms with E-state index >= 15 is 0 Å². The molecule has 0 N–H and O–H groups in total. The Bertz CT molecular complexity index is 398. The standard InChI is InChI=1S/C16H25NO/c1-6-16(13(3)12-17(4)7-2)14-9-8-10-15(11-14)18-5/h6,8-11,13H,7,12H2,1-5H3/t13-/m0/s1. The molecule has 1 atom stereocenters. The number of ether oxygens (including phenoxy) is 1. The van der Waals surface area contributed by atoms with Gasteiger partial charge in [0, 0.05) is 6.54 Å². The lowest BCUT2D eigenvalue weighted by atomic mass is 9.93. The largest absolute Gasteiger partial charge is 0.497 e. The number of hydrogen-bond acceptors (Lipinski definition) is 2. The van der Waals surface area contributed by atoms with Crippen LogP contribution < -0.4 is 4.74 Å².